The molecule has 41 heavy (non-hydrogen) atoms. The van der Waals surface area contributed by atoms with Gasteiger partial charge in [-0.25, -0.2) is 0 Å². The Morgan fingerprint density at radius 1 is 1.00 bits per heavy atom. The Balaban J connectivity index is 1.84. The number of nitrogens with one attached hydrogen (secondary N) is 2. The molecule has 1 atom stereocenters. The lowest BCUT2D eigenvalue weighted by atomic mass is 9.89. The third kappa shape index (κ3) is 11.0. The highest BCUT2D eigenvalue weighted by molar-refractivity contribution is 14.1. The Labute approximate surface area is 273 Å². The summed E-state index contributed by atoms with van der Waals surface area (Å²) >= 11 is 10.8. The van der Waals surface area contributed by atoms with Crippen molar-refractivity contribution in [1.82, 2.24) is 5.32 Å². The van der Waals surface area contributed by atoms with Crippen LogP contribution in [0.5, 0.6) is 0 Å². The zero-order valence-electron chi connectivity index (χ0n) is 22.7. The Kier molecular flexibility index (Phi) is 11.8. The minimum atomic E-state index is -4.16. The summed E-state index contributed by atoms with van der Waals surface area (Å²) < 4.78 is 32.6. The SMILES string of the molecule is CC(C)(C)C=Cc1ccc(C(Cc2ccc(C(=O)NCCS(=O)(=O)O)cc2)C(=O)Nc2cc(I)c(I)cc2Cl)cc1. The fourth-order valence-corrected chi connectivity index (χ4v) is 5.50. The van der Waals surface area contributed by atoms with Gasteiger partial charge in [0.2, 0.25) is 5.91 Å². The molecule has 0 saturated carbocycles. The van der Waals surface area contributed by atoms with Crippen molar-refractivity contribution in [2.24, 2.45) is 5.41 Å². The zero-order chi connectivity index (χ0) is 30.4. The van der Waals surface area contributed by atoms with Crippen molar-refractivity contribution in [3.63, 3.8) is 0 Å². The lowest BCUT2D eigenvalue weighted by Gasteiger charge is -2.19. The lowest BCUT2D eigenvalue weighted by Crippen LogP contribution is -2.28. The summed E-state index contributed by atoms with van der Waals surface area (Å²) in [6.45, 7) is 6.18. The topological polar surface area (TPSA) is 113 Å². The molecule has 0 heterocycles. The van der Waals surface area contributed by atoms with Crippen molar-refractivity contribution in [3.05, 3.63) is 101 Å². The van der Waals surface area contributed by atoms with Crippen molar-refractivity contribution in [3.8, 4) is 0 Å². The van der Waals surface area contributed by atoms with Crippen LogP contribution in [0.15, 0.2) is 66.7 Å². The van der Waals surface area contributed by atoms with Gasteiger partial charge in [-0.05, 0) is 98.0 Å². The van der Waals surface area contributed by atoms with Crippen LogP contribution in [-0.4, -0.2) is 37.1 Å². The van der Waals surface area contributed by atoms with Gasteiger partial charge in [-0.1, -0.05) is 80.9 Å². The molecule has 7 nitrogen and oxygen atoms in total. The number of carbonyl (C=O) groups is 2. The molecule has 0 aromatic heterocycles. The minimum Gasteiger partial charge on any atom is -0.351 e. The summed E-state index contributed by atoms with van der Waals surface area (Å²) in [6, 6.07) is 18.3. The number of hydrogen-bond acceptors (Lipinski definition) is 4. The monoisotopic (exact) mass is 820 g/mol. The molecule has 2 amide bonds. The van der Waals surface area contributed by atoms with Gasteiger partial charge in [0.15, 0.2) is 0 Å². The molecule has 0 fully saturated rings. The van der Waals surface area contributed by atoms with E-state index in [1.165, 1.54) is 0 Å². The van der Waals surface area contributed by atoms with Crippen molar-refractivity contribution in [2.75, 3.05) is 17.6 Å². The molecule has 1 unspecified atom stereocenters. The van der Waals surface area contributed by atoms with Gasteiger partial charge in [-0.2, -0.15) is 8.42 Å². The quantitative estimate of drug-likeness (QED) is 0.114. The average Bonchev–Trinajstić information content (AvgIpc) is 2.88. The van der Waals surface area contributed by atoms with Gasteiger partial charge < -0.3 is 10.6 Å². The molecular formula is C30H31ClI2N2O5S. The fraction of sp³-hybridized carbons (Fsp3) is 0.267. The van der Waals surface area contributed by atoms with E-state index in [4.69, 9.17) is 16.2 Å². The largest absolute Gasteiger partial charge is 0.351 e. The van der Waals surface area contributed by atoms with Crippen LogP contribution in [0.1, 0.15) is 53.7 Å². The number of allylic oxidation sites excluding steroid dienone is 1. The predicted octanol–water partition coefficient (Wildman–Crippen LogP) is 7.19. The van der Waals surface area contributed by atoms with Gasteiger partial charge in [0.1, 0.15) is 0 Å². The summed E-state index contributed by atoms with van der Waals surface area (Å²) in [5.41, 5.74) is 3.61. The van der Waals surface area contributed by atoms with E-state index in [1.54, 1.807) is 24.3 Å². The van der Waals surface area contributed by atoms with Crippen LogP contribution in [0.25, 0.3) is 6.08 Å². The second-order valence-corrected chi connectivity index (χ2v) is 14.9. The summed E-state index contributed by atoms with van der Waals surface area (Å²) in [7, 11) is -4.16. The summed E-state index contributed by atoms with van der Waals surface area (Å²) in [5.74, 6) is -1.79. The van der Waals surface area contributed by atoms with E-state index in [-0.39, 0.29) is 17.9 Å². The van der Waals surface area contributed by atoms with Crippen LogP contribution in [0.3, 0.4) is 0 Å². The van der Waals surface area contributed by atoms with E-state index >= 15 is 0 Å². The average molecular weight is 821 g/mol. The third-order valence-electron chi connectivity index (χ3n) is 6.00. The molecule has 0 spiro atoms. The second-order valence-electron chi connectivity index (χ2n) is 10.6. The molecule has 0 aliphatic heterocycles. The Morgan fingerprint density at radius 3 is 2.20 bits per heavy atom. The van der Waals surface area contributed by atoms with E-state index in [1.807, 2.05) is 36.4 Å². The molecule has 3 rings (SSSR count). The number of carbonyl (C=O) groups excluding carboxylic acids is 2. The number of halogens is 3. The third-order valence-corrected chi connectivity index (χ3v) is 9.85. The highest BCUT2D eigenvalue weighted by atomic mass is 127. The van der Waals surface area contributed by atoms with Crippen LogP contribution >= 0.6 is 56.8 Å². The molecule has 3 aromatic rings. The number of amides is 2. The highest BCUT2D eigenvalue weighted by Gasteiger charge is 2.23. The Morgan fingerprint density at radius 2 is 1.61 bits per heavy atom. The smallest absolute Gasteiger partial charge is 0.266 e. The maximum Gasteiger partial charge on any atom is 0.266 e. The first kappa shape index (κ1) is 33.5. The normalized spacial score (nSPS) is 12.8. The van der Waals surface area contributed by atoms with Crippen molar-refractivity contribution in [2.45, 2.75) is 33.1 Å². The molecule has 0 saturated heterocycles. The standard InChI is InChI=1S/C30H31ClI2N2O5S/c1-30(2,3)13-12-19-4-8-21(9-5-19)23(29(37)35-27-18-26(33)25(32)17-24(27)31)16-20-6-10-22(11-7-20)28(36)34-14-15-41(38,39)40/h4-13,17-18,23H,14-16H2,1-3H3,(H,34,36)(H,35,37)(H,38,39,40). The van der Waals surface area contributed by atoms with E-state index in [9.17, 15) is 18.0 Å². The summed E-state index contributed by atoms with van der Waals surface area (Å²) in [5, 5.41) is 5.91. The van der Waals surface area contributed by atoms with E-state index in [0.717, 1.165) is 23.8 Å². The van der Waals surface area contributed by atoms with Gasteiger partial charge in [0.05, 0.1) is 22.4 Å². The Hall–Kier alpha value is -2.00. The van der Waals surface area contributed by atoms with Gasteiger partial charge >= 0.3 is 0 Å². The van der Waals surface area contributed by atoms with E-state index in [2.05, 4.69) is 88.7 Å². The fourth-order valence-electron chi connectivity index (χ4n) is 3.81. The van der Waals surface area contributed by atoms with Gasteiger partial charge in [0.25, 0.3) is 16.0 Å². The van der Waals surface area contributed by atoms with Crippen LogP contribution in [0.2, 0.25) is 5.02 Å². The van der Waals surface area contributed by atoms with Gasteiger partial charge in [-0.15, -0.1) is 0 Å². The number of rotatable bonds is 10. The lowest BCUT2D eigenvalue weighted by molar-refractivity contribution is -0.117. The number of hydrogen-bond donors (Lipinski definition) is 3. The Bertz CT molecular complexity index is 1530. The molecule has 0 aliphatic carbocycles. The first-order valence-corrected chi connectivity index (χ1v) is 16.8. The van der Waals surface area contributed by atoms with Crippen molar-refractivity contribution >= 4 is 90.5 Å². The van der Waals surface area contributed by atoms with Gasteiger partial charge in [-0.3, -0.25) is 14.1 Å². The van der Waals surface area contributed by atoms with Crippen LogP contribution in [-0.2, 0) is 21.3 Å². The van der Waals surface area contributed by atoms with Crippen LogP contribution in [0, 0.1) is 12.6 Å². The highest BCUT2D eigenvalue weighted by Crippen LogP contribution is 2.31. The van der Waals surface area contributed by atoms with Crippen LogP contribution < -0.4 is 10.6 Å². The van der Waals surface area contributed by atoms with E-state index in [0.29, 0.717) is 22.7 Å². The van der Waals surface area contributed by atoms with Crippen LogP contribution in [0.4, 0.5) is 5.69 Å². The first-order valence-electron chi connectivity index (χ1n) is 12.7. The van der Waals surface area contributed by atoms with E-state index < -0.39 is 27.7 Å². The summed E-state index contributed by atoms with van der Waals surface area (Å²) in [6.07, 6.45) is 4.56. The zero-order valence-corrected chi connectivity index (χ0v) is 28.6. The van der Waals surface area contributed by atoms with Crippen molar-refractivity contribution < 1.29 is 22.6 Å². The van der Waals surface area contributed by atoms with Gasteiger partial charge in [0, 0.05) is 19.2 Å². The molecule has 11 heteroatoms. The number of anilines is 1. The molecule has 3 aromatic carbocycles. The summed E-state index contributed by atoms with van der Waals surface area (Å²) in [4.78, 5) is 26.0. The molecule has 0 radical (unpaired) electrons. The molecule has 0 aliphatic rings. The minimum absolute atomic E-state index is 0.0466. The predicted molar refractivity (Wildman–Crippen MR) is 182 cm³/mol. The molecule has 3 N–H and O–H groups in total. The maximum absolute atomic E-state index is 13.7. The molecule has 218 valence electrons. The number of benzene rings is 3. The molecule has 0 bridgehead atoms. The first-order chi connectivity index (χ1) is 19.1. The molecular weight excluding hydrogens is 790 g/mol. The second kappa shape index (κ2) is 14.5. The maximum atomic E-state index is 13.7. The van der Waals surface area contributed by atoms with Crippen molar-refractivity contribution in [1.29, 1.82) is 0 Å².